The lowest BCUT2D eigenvalue weighted by molar-refractivity contribution is 0.0694. The fraction of sp³-hybridized carbons (Fsp3) is 0. The van der Waals surface area contributed by atoms with E-state index in [1.165, 1.54) is 11.3 Å². The number of phenols is 1. The molecule has 0 radical (unpaired) electrons. The maximum Gasteiger partial charge on any atom is 0.340 e. The Morgan fingerprint density at radius 3 is 2.38 bits per heavy atom. The summed E-state index contributed by atoms with van der Waals surface area (Å²) in [6.45, 7) is 0. The van der Waals surface area contributed by atoms with Gasteiger partial charge in [0, 0.05) is 20.5 Å². The number of carboxylic acid groups (broad SMARTS) is 1. The number of thiophene rings is 1. The maximum absolute atomic E-state index is 11.9. The highest BCUT2D eigenvalue weighted by molar-refractivity contribution is 9.10. The zero-order valence-corrected chi connectivity index (χ0v) is 14.7. The van der Waals surface area contributed by atoms with Crippen LogP contribution < -0.4 is 0 Å². The Kier molecular flexibility index (Phi) is 3.55. The van der Waals surface area contributed by atoms with Gasteiger partial charge in [-0.1, -0.05) is 42.5 Å². The molecule has 0 saturated carbocycles. The van der Waals surface area contributed by atoms with Crippen LogP contribution in [0.25, 0.3) is 31.3 Å². The first-order valence-electron chi connectivity index (χ1n) is 7.23. The van der Waals surface area contributed by atoms with Crippen LogP contribution in [0.5, 0.6) is 5.75 Å². The van der Waals surface area contributed by atoms with Crippen molar-refractivity contribution in [2.45, 2.75) is 0 Å². The highest BCUT2D eigenvalue weighted by atomic mass is 79.9. The average Bonchev–Trinajstić information content (AvgIpc) is 3.01. The van der Waals surface area contributed by atoms with Crippen molar-refractivity contribution in [3.8, 4) is 16.2 Å². The number of aromatic hydroxyl groups is 1. The van der Waals surface area contributed by atoms with Gasteiger partial charge < -0.3 is 10.2 Å². The van der Waals surface area contributed by atoms with Gasteiger partial charge in [0.15, 0.2) is 0 Å². The molecule has 118 valence electrons. The Bertz CT molecular complexity index is 1080. The van der Waals surface area contributed by atoms with Crippen molar-refractivity contribution in [2.75, 3.05) is 0 Å². The van der Waals surface area contributed by atoms with Gasteiger partial charge in [-0.25, -0.2) is 4.79 Å². The molecule has 5 heteroatoms. The zero-order chi connectivity index (χ0) is 16.8. The van der Waals surface area contributed by atoms with Crippen molar-refractivity contribution >= 4 is 54.1 Å². The number of carboxylic acids is 1. The second-order valence-electron chi connectivity index (χ2n) is 5.41. The lowest BCUT2D eigenvalue weighted by Gasteiger charge is -2.13. The molecular weight excluding hydrogens is 388 g/mol. The molecule has 0 aliphatic heterocycles. The third-order valence-corrected chi connectivity index (χ3v) is 5.95. The second kappa shape index (κ2) is 5.61. The second-order valence-corrected chi connectivity index (χ2v) is 7.29. The number of hydrogen-bond donors (Lipinski definition) is 2. The van der Waals surface area contributed by atoms with Gasteiger partial charge in [-0.15, -0.1) is 11.3 Å². The number of halogens is 1. The van der Waals surface area contributed by atoms with Crippen molar-refractivity contribution in [1.29, 1.82) is 0 Å². The SMILES string of the molecule is O=C(O)c1c(O)c(Br)c2ccccc2c1-c1cc2ccccc2s1. The largest absolute Gasteiger partial charge is 0.506 e. The number of hydrogen-bond acceptors (Lipinski definition) is 3. The summed E-state index contributed by atoms with van der Waals surface area (Å²) < 4.78 is 1.48. The van der Waals surface area contributed by atoms with Crippen LogP contribution in [0.1, 0.15) is 10.4 Å². The molecule has 0 fully saturated rings. The Labute approximate surface area is 149 Å². The first-order valence-corrected chi connectivity index (χ1v) is 8.84. The predicted octanol–water partition coefficient (Wildman–Crippen LogP) is 5.89. The Hall–Kier alpha value is -2.37. The van der Waals surface area contributed by atoms with Gasteiger partial charge in [0.05, 0.1) is 4.47 Å². The minimum atomic E-state index is -1.15. The van der Waals surface area contributed by atoms with Crippen molar-refractivity contribution in [1.82, 2.24) is 0 Å². The van der Waals surface area contributed by atoms with Gasteiger partial charge in [0.25, 0.3) is 0 Å². The summed E-state index contributed by atoms with van der Waals surface area (Å²) in [5.41, 5.74) is 0.479. The number of aromatic carboxylic acids is 1. The van der Waals surface area contributed by atoms with Gasteiger partial charge >= 0.3 is 5.97 Å². The molecule has 0 aliphatic carbocycles. The van der Waals surface area contributed by atoms with E-state index in [-0.39, 0.29) is 11.3 Å². The molecule has 3 nitrogen and oxygen atoms in total. The number of carbonyl (C=O) groups is 1. The average molecular weight is 399 g/mol. The summed E-state index contributed by atoms with van der Waals surface area (Å²) in [7, 11) is 0. The summed E-state index contributed by atoms with van der Waals surface area (Å²) in [4.78, 5) is 12.7. The Morgan fingerprint density at radius 2 is 1.67 bits per heavy atom. The number of fused-ring (bicyclic) bond motifs is 2. The first-order chi connectivity index (χ1) is 11.6. The lowest BCUT2D eigenvalue weighted by Crippen LogP contribution is -2.01. The Balaban J connectivity index is 2.18. The van der Waals surface area contributed by atoms with Crippen LogP contribution >= 0.6 is 27.3 Å². The zero-order valence-electron chi connectivity index (χ0n) is 12.3. The highest BCUT2D eigenvalue weighted by Crippen LogP contribution is 2.46. The molecule has 4 aromatic rings. The van der Waals surface area contributed by atoms with E-state index in [0.29, 0.717) is 10.0 Å². The highest BCUT2D eigenvalue weighted by Gasteiger charge is 2.24. The van der Waals surface area contributed by atoms with Crippen LogP contribution in [0.2, 0.25) is 0 Å². The summed E-state index contributed by atoms with van der Waals surface area (Å²) in [6, 6.07) is 17.4. The van der Waals surface area contributed by atoms with Crippen LogP contribution in [0.4, 0.5) is 0 Å². The van der Waals surface area contributed by atoms with Crippen molar-refractivity contribution in [2.24, 2.45) is 0 Å². The van der Waals surface area contributed by atoms with Crippen molar-refractivity contribution in [3.63, 3.8) is 0 Å². The fourth-order valence-electron chi connectivity index (χ4n) is 2.95. The molecule has 1 heterocycles. The topological polar surface area (TPSA) is 57.5 Å². The van der Waals surface area contributed by atoms with Gasteiger partial charge in [-0.3, -0.25) is 0 Å². The van der Waals surface area contributed by atoms with Gasteiger partial charge in [0.1, 0.15) is 11.3 Å². The van der Waals surface area contributed by atoms with Crippen LogP contribution in [-0.2, 0) is 0 Å². The smallest absolute Gasteiger partial charge is 0.340 e. The van der Waals surface area contributed by atoms with E-state index in [1.807, 2.05) is 54.6 Å². The van der Waals surface area contributed by atoms with Crippen LogP contribution in [-0.4, -0.2) is 16.2 Å². The minimum absolute atomic E-state index is 0.0767. The van der Waals surface area contributed by atoms with Crippen molar-refractivity contribution < 1.29 is 15.0 Å². The van der Waals surface area contributed by atoms with E-state index in [9.17, 15) is 15.0 Å². The molecule has 2 N–H and O–H groups in total. The molecule has 0 aliphatic rings. The normalized spacial score (nSPS) is 11.2. The third-order valence-electron chi connectivity index (χ3n) is 4.01. The van der Waals surface area contributed by atoms with Crippen LogP contribution in [0.15, 0.2) is 59.1 Å². The molecule has 0 unspecified atom stereocenters. The van der Waals surface area contributed by atoms with E-state index >= 15 is 0 Å². The van der Waals surface area contributed by atoms with Crippen molar-refractivity contribution in [3.05, 3.63) is 64.6 Å². The summed E-state index contributed by atoms with van der Waals surface area (Å²) in [5, 5.41) is 22.8. The Morgan fingerprint density at radius 1 is 1.00 bits per heavy atom. The van der Waals surface area contributed by atoms with E-state index in [4.69, 9.17) is 0 Å². The quantitative estimate of drug-likeness (QED) is 0.442. The molecule has 0 amide bonds. The molecule has 1 aromatic heterocycles. The van der Waals surface area contributed by atoms with E-state index in [2.05, 4.69) is 15.9 Å². The van der Waals surface area contributed by atoms with Gasteiger partial charge in [-0.2, -0.15) is 0 Å². The fourth-order valence-corrected chi connectivity index (χ4v) is 4.62. The third kappa shape index (κ3) is 2.20. The van der Waals surface area contributed by atoms with Crippen LogP contribution in [0, 0.1) is 0 Å². The number of rotatable bonds is 2. The lowest BCUT2D eigenvalue weighted by atomic mass is 9.96. The van der Waals surface area contributed by atoms with E-state index in [1.54, 1.807) is 0 Å². The van der Waals surface area contributed by atoms with Gasteiger partial charge in [-0.05, 0) is 38.8 Å². The first kappa shape index (κ1) is 15.2. The summed E-state index contributed by atoms with van der Waals surface area (Å²) in [5.74, 6) is -1.39. The summed E-state index contributed by atoms with van der Waals surface area (Å²) in [6.07, 6.45) is 0. The van der Waals surface area contributed by atoms with E-state index < -0.39 is 5.97 Å². The molecule has 0 spiro atoms. The molecule has 0 saturated heterocycles. The molecule has 4 rings (SSSR count). The van der Waals surface area contributed by atoms with Crippen LogP contribution in [0.3, 0.4) is 0 Å². The standard InChI is InChI=1S/C19H11BrO3S/c20-17-12-7-3-2-6-11(12)15(16(18(17)21)19(22)23)14-9-10-5-1-4-8-13(10)24-14/h1-9,21H,(H,22,23). The molecular formula is C19H11BrO3S. The monoisotopic (exact) mass is 398 g/mol. The predicted molar refractivity (Wildman–Crippen MR) is 101 cm³/mol. The minimum Gasteiger partial charge on any atom is -0.506 e. The summed E-state index contributed by atoms with van der Waals surface area (Å²) >= 11 is 4.85. The molecule has 3 aromatic carbocycles. The molecule has 0 bridgehead atoms. The molecule has 0 atom stereocenters. The molecule has 24 heavy (non-hydrogen) atoms. The number of benzene rings is 3. The van der Waals surface area contributed by atoms with Gasteiger partial charge in [0.2, 0.25) is 0 Å². The van der Waals surface area contributed by atoms with E-state index in [0.717, 1.165) is 25.7 Å². The maximum atomic E-state index is 11.9.